The lowest BCUT2D eigenvalue weighted by molar-refractivity contribution is 0.0829. The lowest BCUT2D eigenvalue weighted by Crippen LogP contribution is -2.46. The van der Waals surface area contributed by atoms with Crippen LogP contribution in [0, 0.1) is 0 Å². The molecular weight excluding hydrogens is 292 g/mol. The number of ether oxygens (including phenoxy) is 2. The van der Waals surface area contributed by atoms with Crippen LogP contribution in [0.2, 0.25) is 5.15 Å². The number of anilines is 1. The summed E-state index contributed by atoms with van der Waals surface area (Å²) in [6.45, 7) is 4.22. The van der Waals surface area contributed by atoms with Crippen molar-refractivity contribution >= 4 is 17.5 Å². The van der Waals surface area contributed by atoms with Gasteiger partial charge < -0.3 is 19.7 Å². The molecule has 0 aromatic carbocycles. The van der Waals surface area contributed by atoms with E-state index in [0.717, 1.165) is 19.4 Å². The first-order valence-corrected chi connectivity index (χ1v) is 7.76. The summed E-state index contributed by atoms with van der Waals surface area (Å²) in [5.41, 5.74) is 0. The highest BCUT2D eigenvalue weighted by Gasteiger charge is 2.30. The van der Waals surface area contributed by atoms with Crippen molar-refractivity contribution in [2.45, 2.75) is 38.0 Å². The summed E-state index contributed by atoms with van der Waals surface area (Å²) in [7, 11) is 1.97. The summed E-state index contributed by atoms with van der Waals surface area (Å²) in [4.78, 5) is 10.9. The van der Waals surface area contributed by atoms with Gasteiger partial charge in [0.1, 0.15) is 11.3 Å². The SMILES string of the molecule is CN[C@H]1C[C@H](Oc2cc(Cl)nc(N3CCOC[C@@H]3C)n2)C1. The van der Waals surface area contributed by atoms with Crippen LogP contribution in [0.1, 0.15) is 19.8 Å². The molecule has 1 aliphatic carbocycles. The summed E-state index contributed by atoms with van der Waals surface area (Å²) in [6, 6.07) is 2.47. The van der Waals surface area contributed by atoms with E-state index >= 15 is 0 Å². The third kappa shape index (κ3) is 3.39. The van der Waals surface area contributed by atoms with Gasteiger partial charge in [0, 0.05) is 18.7 Å². The zero-order chi connectivity index (χ0) is 14.8. The Balaban J connectivity index is 1.70. The quantitative estimate of drug-likeness (QED) is 0.850. The number of hydrogen-bond donors (Lipinski definition) is 1. The summed E-state index contributed by atoms with van der Waals surface area (Å²) >= 11 is 6.12. The van der Waals surface area contributed by atoms with Gasteiger partial charge in [0.05, 0.1) is 19.3 Å². The summed E-state index contributed by atoms with van der Waals surface area (Å²) < 4.78 is 11.3. The Kier molecular flexibility index (Phi) is 4.47. The summed E-state index contributed by atoms with van der Waals surface area (Å²) in [5.74, 6) is 1.18. The first kappa shape index (κ1) is 14.8. The average molecular weight is 313 g/mol. The molecule has 2 aliphatic rings. The second kappa shape index (κ2) is 6.34. The number of morpholine rings is 1. The van der Waals surface area contributed by atoms with Gasteiger partial charge in [-0.15, -0.1) is 0 Å². The van der Waals surface area contributed by atoms with Crippen molar-refractivity contribution < 1.29 is 9.47 Å². The van der Waals surface area contributed by atoms with Gasteiger partial charge in [0.2, 0.25) is 11.8 Å². The molecule has 7 heteroatoms. The molecule has 1 aromatic heterocycles. The van der Waals surface area contributed by atoms with Crippen LogP contribution in [0.4, 0.5) is 5.95 Å². The molecule has 0 spiro atoms. The Hall–Kier alpha value is -1.11. The highest BCUT2D eigenvalue weighted by atomic mass is 35.5. The van der Waals surface area contributed by atoms with E-state index in [4.69, 9.17) is 21.1 Å². The van der Waals surface area contributed by atoms with Gasteiger partial charge in [-0.1, -0.05) is 11.6 Å². The topological polar surface area (TPSA) is 59.5 Å². The van der Waals surface area contributed by atoms with Gasteiger partial charge in [0.25, 0.3) is 0 Å². The molecule has 1 N–H and O–H groups in total. The van der Waals surface area contributed by atoms with Gasteiger partial charge in [-0.25, -0.2) is 4.98 Å². The zero-order valence-corrected chi connectivity index (χ0v) is 13.1. The molecule has 21 heavy (non-hydrogen) atoms. The predicted octanol–water partition coefficient (Wildman–Crippen LogP) is 1.48. The number of halogens is 1. The van der Waals surface area contributed by atoms with Crippen LogP contribution in [-0.2, 0) is 4.74 Å². The third-order valence-corrected chi connectivity index (χ3v) is 4.27. The molecule has 2 fully saturated rings. The molecule has 1 saturated heterocycles. The maximum absolute atomic E-state index is 6.12. The minimum Gasteiger partial charge on any atom is -0.474 e. The molecule has 0 radical (unpaired) electrons. The maximum atomic E-state index is 6.12. The van der Waals surface area contributed by atoms with Gasteiger partial charge in [-0.05, 0) is 26.8 Å². The zero-order valence-electron chi connectivity index (χ0n) is 12.4. The molecule has 0 unspecified atom stereocenters. The monoisotopic (exact) mass is 312 g/mol. The first-order valence-electron chi connectivity index (χ1n) is 7.38. The van der Waals surface area contributed by atoms with E-state index in [1.807, 2.05) is 7.05 Å². The average Bonchev–Trinajstić information content (AvgIpc) is 2.42. The van der Waals surface area contributed by atoms with Crippen molar-refractivity contribution in [3.8, 4) is 5.88 Å². The Morgan fingerprint density at radius 2 is 2.24 bits per heavy atom. The van der Waals surface area contributed by atoms with Gasteiger partial charge in [-0.3, -0.25) is 0 Å². The smallest absolute Gasteiger partial charge is 0.230 e. The Labute approximate surface area is 129 Å². The third-order valence-electron chi connectivity index (χ3n) is 4.07. The van der Waals surface area contributed by atoms with E-state index in [-0.39, 0.29) is 12.1 Å². The van der Waals surface area contributed by atoms with E-state index in [1.54, 1.807) is 6.07 Å². The molecule has 6 nitrogen and oxygen atoms in total. The normalized spacial score (nSPS) is 29.1. The van der Waals surface area contributed by atoms with Crippen molar-refractivity contribution in [1.29, 1.82) is 0 Å². The minimum absolute atomic E-state index is 0.211. The molecule has 0 amide bonds. The summed E-state index contributed by atoms with van der Waals surface area (Å²) in [6.07, 6.45) is 2.21. The molecular formula is C14H21ClN4O2. The molecule has 0 bridgehead atoms. The fourth-order valence-corrected chi connectivity index (χ4v) is 2.84. The van der Waals surface area contributed by atoms with Crippen molar-refractivity contribution in [2.75, 3.05) is 31.7 Å². The fourth-order valence-electron chi connectivity index (χ4n) is 2.67. The molecule has 3 rings (SSSR count). The van der Waals surface area contributed by atoms with Gasteiger partial charge >= 0.3 is 0 Å². The van der Waals surface area contributed by atoms with E-state index in [2.05, 4.69) is 27.1 Å². The van der Waals surface area contributed by atoms with Crippen molar-refractivity contribution in [3.05, 3.63) is 11.2 Å². The molecule has 1 saturated carbocycles. The highest BCUT2D eigenvalue weighted by Crippen LogP contribution is 2.27. The first-order chi connectivity index (χ1) is 10.2. The van der Waals surface area contributed by atoms with Crippen LogP contribution in [0.3, 0.4) is 0 Å². The van der Waals surface area contributed by atoms with Crippen molar-refractivity contribution in [3.63, 3.8) is 0 Å². The van der Waals surface area contributed by atoms with Crippen LogP contribution in [0.15, 0.2) is 6.07 Å². The molecule has 2 heterocycles. The molecule has 1 aliphatic heterocycles. The lowest BCUT2D eigenvalue weighted by Gasteiger charge is -2.35. The predicted molar refractivity (Wildman–Crippen MR) is 81.2 cm³/mol. The highest BCUT2D eigenvalue weighted by molar-refractivity contribution is 6.29. The Morgan fingerprint density at radius 3 is 2.95 bits per heavy atom. The van der Waals surface area contributed by atoms with E-state index < -0.39 is 0 Å². The van der Waals surface area contributed by atoms with Crippen molar-refractivity contribution in [2.24, 2.45) is 0 Å². The van der Waals surface area contributed by atoms with Crippen LogP contribution < -0.4 is 15.0 Å². The second-order valence-corrected chi connectivity index (χ2v) is 6.03. The number of nitrogens with zero attached hydrogens (tertiary/aromatic N) is 3. The number of nitrogens with one attached hydrogen (secondary N) is 1. The molecule has 1 aromatic rings. The van der Waals surface area contributed by atoms with Gasteiger partial charge in [-0.2, -0.15) is 4.98 Å². The van der Waals surface area contributed by atoms with Gasteiger partial charge in [0.15, 0.2) is 0 Å². The van der Waals surface area contributed by atoms with Crippen LogP contribution in [0.5, 0.6) is 5.88 Å². The van der Waals surface area contributed by atoms with Crippen LogP contribution >= 0.6 is 11.6 Å². The Morgan fingerprint density at radius 1 is 1.43 bits per heavy atom. The number of rotatable bonds is 4. The fraction of sp³-hybridized carbons (Fsp3) is 0.714. The standard InChI is InChI=1S/C14H21ClN4O2/c1-9-8-20-4-3-19(9)14-17-12(15)7-13(18-14)21-11-5-10(6-11)16-2/h7,9-11,16H,3-6,8H2,1-2H3/t9-,10-,11-/m0/s1. The largest absolute Gasteiger partial charge is 0.474 e. The summed E-state index contributed by atoms with van der Waals surface area (Å²) in [5, 5.41) is 3.65. The van der Waals surface area contributed by atoms with E-state index in [9.17, 15) is 0 Å². The number of aromatic nitrogens is 2. The van der Waals surface area contributed by atoms with Crippen LogP contribution in [-0.4, -0.2) is 55.0 Å². The van der Waals surface area contributed by atoms with E-state index in [0.29, 0.717) is 36.2 Å². The molecule has 116 valence electrons. The number of hydrogen-bond acceptors (Lipinski definition) is 6. The van der Waals surface area contributed by atoms with E-state index in [1.165, 1.54) is 0 Å². The minimum atomic E-state index is 0.211. The second-order valence-electron chi connectivity index (χ2n) is 5.64. The maximum Gasteiger partial charge on any atom is 0.230 e. The Bertz CT molecular complexity index is 496. The van der Waals surface area contributed by atoms with Crippen LogP contribution in [0.25, 0.3) is 0 Å². The molecule has 1 atom stereocenters. The van der Waals surface area contributed by atoms with Crippen molar-refractivity contribution in [1.82, 2.24) is 15.3 Å². The lowest BCUT2D eigenvalue weighted by atomic mass is 9.89.